The van der Waals surface area contributed by atoms with Gasteiger partial charge in [-0.05, 0) is 32.9 Å². The normalized spacial score (nSPS) is 10.5. The molecule has 1 aromatic heterocycles. The molecule has 1 N–H and O–H groups in total. The van der Waals surface area contributed by atoms with Crippen molar-refractivity contribution in [1.29, 1.82) is 0 Å². The maximum absolute atomic E-state index is 3.52. The van der Waals surface area contributed by atoms with E-state index in [0.717, 1.165) is 13.1 Å². The fourth-order valence-corrected chi connectivity index (χ4v) is 2.83. The van der Waals surface area contributed by atoms with Crippen molar-refractivity contribution in [2.45, 2.75) is 13.1 Å². The predicted octanol–water partition coefficient (Wildman–Crippen LogP) is 3.80. The summed E-state index contributed by atoms with van der Waals surface area (Å²) in [4.78, 5) is 1.35. The van der Waals surface area contributed by atoms with Crippen LogP contribution in [0.5, 0.6) is 0 Å². The van der Waals surface area contributed by atoms with Crippen LogP contribution in [0.25, 0.3) is 0 Å². The lowest BCUT2D eigenvalue weighted by atomic mass is 10.2. The third kappa shape index (κ3) is 3.16. The molecule has 0 radical (unpaired) electrons. The van der Waals surface area contributed by atoms with E-state index in [4.69, 9.17) is 0 Å². The van der Waals surface area contributed by atoms with Gasteiger partial charge in [0.15, 0.2) is 0 Å². The molecular weight excluding hydrogens is 270 g/mol. The van der Waals surface area contributed by atoms with Gasteiger partial charge in [0.25, 0.3) is 0 Å². The predicted molar refractivity (Wildman–Crippen MR) is 69.0 cm³/mol. The second-order valence-corrected chi connectivity index (χ2v) is 5.14. The molecule has 0 saturated carbocycles. The summed E-state index contributed by atoms with van der Waals surface area (Å²) in [6.07, 6.45) is 0. The van der Waals surface area contributed by atoms with Crippen LogP contribution in [-0.4, -0.2) is 0 Å². The highest BCUT2D eigenvalue weighted by atomic mass is 79.9. The Kier molecular flexibility index (Phi) is 3.94. The van der Waals surface area contributed by atoms with E-state index in [2.05, 4.69) is 57.0 Å². The highest BCUT2D eigenvalue weighted by molar-refractivity contribution is 9.10. The van der Waals surface area contributed by atoms with Crippen LogP contribution in [0.4, 0.5) is 0 Å². The highest BCUT2D eigenvalue weighted by Gasteiger charge is 1.99. The van der Waals surface area contributed by atoms with E-state index in [9.17, 15) is 0 Å². The minimum Gasteiger partial charge on any atom is -0.308 e. The molecule has 0 amide bonds. The Morgan fingerprint density at radius 1 is 1.07 bits per heavy atom. The van der Waals surface area contributed by atoms with Gasteiger partial charge in [-0.2, -0.15) is 0 Å². The highest BCUT2D eigenvalue weighted by Crippen LogP contribution is 2.22. The average Bonchev–Trinajstić information content (AvgIpc) is 2.66. The summed E-state index contributed by atoms with van der Waals surface area (Å²) < 4.78 is 1.20. The van der Waals surface area contributed by atoms with Crippen LogP contribution in [0.15, 0.2) is 46.3 Å². The molecule has 0 atom stereocenters. The molecule has 1 heterocycles. The third-order valence-corrected chi connectivity index (χ3v) is 4.07. The van der Waals surface area contributed by atoms with Crippen molar-refractivity contribution in [3.05, 3.63) is 56.7 Å². The Morgan fingerprint density at radius 2 is 1.87 bits per heavy atom. The van der Waals surface area contributed by atoms with Gasteiger partial charge in [0, 0.05) is 22.4 Å². The summed E-state index contributed by atoms with van der Waals surface area (Å²) in [5.41, 5.74) is 1.32. The number of nitrogens with one attached hydrogen (secondary N) is 1. The first-order valence-corrected chi connectivity index (χ1v) is 6.50. The van der Waals surface area contributed by atoms with Crippen molar-refractivity contribution >= 4 is 27.3 Å². The molecule has 0 aliphatic rings. The van der Waals surface area contributed by atoms with Gasteiger partial charge in [-0.3, -0.25) is 0 Å². The molecule has 2 aromatic rings. The summed E-state index contributed by atoms with van der Waals surface area (Å²) in [5.74, 6) is 0. The summed E-state index contributed by atoms with van der Waals surface area (Å²) in [6, 6.07) is 12.5. The van der Waals surface area contributed by atoms with Crippen LogP contribution < -0.4 is 5.32 Å². The second kappa shape index (κ2) is 5.45. The van der Waals surface area contributed by atoms with Crippen molar-refractivity contribution in [3.63, 3.8) is 0 Å². The average molecular weight is 282 g/mol. The molecule has 0 saturated heterocycles. The topological polar surface area (TPSA) is 12.0 Å². The summed E-state index contributed by atoms with van der Waals surface area (Å²) in [5, 5.41) is 5.53. The van der Waals surface area contributed by atoms with Crippen LogP contribution >= 0.6 is 27.3 Å². The zero-order valence-electron chi connectivity index (χ0n) is 8.24. The number of hydrogen-bond acceptors (Lipinski definition) is 2. The van der Waals surface area contributed by atoms with E-state index in [0.29, 0.717) is 0 Å². The number of thiophene rings is 1. The first-order chi connectivity index (χ1) is 7.36. The number of halogens is 1. The van der Waals surface area contributed by atoms with Crippen molar-refractivity contribution in [2.75, 3.05) is 0 Å². The van der Waals surface area contributed by atoms with Gasteiger partial charge < -0.3 is 5.32 Å². The maximum Gasteiger partial charge on any atom is 0.0327 e. The van der Waals surface area contributed by atoms with Crippen LogP contribution in [-0.2, 0) is 13.1 Å². The smallest absolute Gasteiger partial charge is 0.0327 e. The lowest BCUT2D eigenvalue weighted by Gasteiger charge is -2.03. The second-order valence-electron chi connectivity index (χ2n) is 3.28. The van der Waals surface area contributed by atoms with Gasteiger partial charge in [-0.15, -0.1) is 11.3 Å². The van der Waals surface area contributed by atoms with Crippen molar-refractivity contribution < 1.29 is 0 Å². The molecule has 78 valence electrons. The van der Waals surface area contributed by atoms with E-state index in [1.807, 2.05) is 6.07 Å². The van der Waals surface area contributed by atoms with Crippen LogP contribution in [0, 0.1) is 0 Å². The standard InChI is InChI=1S/C12H12BrNS/c13-11-6-7-15-12(11)9-14-8-10-4-2-1-3-5-10/h1-7,14H,8-9H2. The first-order valence-electron chi connectivity index (χ1n) is 4.83. The Labute approximate surface area is 102 Å². The van der Waals surface area contributed by atoms with Gasteiger partial charge in [0.1, 0.15) is 0 Å². The Balaban J connectivity index is 1.83. The van der Waals surface area contributed by atoms with Gasteiger partial charge in [-0.25, -0.2) is 0 Å². The first kappa shape index (κ1) is 10.9. The lowest BCUT2D eigenvalue weighted by molar-refractivity contribution is 0.699. The molecular formula is C12H12BrNS. The van der Waals surface area contributed by atoms with Crippen LogP contribution in [0.2, 0.25) is 0 Å². The van der Waals surface area contributed by atoms with E-state index < -0.39 is 0 Å². The van der Waals surface area contributed by atoms with Crippen molar-refractivity contribution in [2.24, 2.45) is 0 Å². The van der Waals surface area contributed by atoms with E-state index in [-0.39, 0.29) is 0 Å². The molecule has 0 aliphatic carbocycles. The van der Waals surface area contributed by atoms with Gasteiger partial charge in [0.2, 0.25) is 0 Å². The van der Waals surface area contributed by atoms with Crippen molar-refractivity contribution in [3.8, 4) is 0 Å². The Hall–Kier alpha value is -0.640. The molecule has 0 fully saturated rings. The molecule has 2 rings (SSSR count). The van der Waals surface area contributed by atoms with Crippen molar-refractivity contribution in [1.82, 2.24) is 5.32 Å². The zero-order valence-corrected chi connectivity index (χ0v) is 10.6. The number of rotatable bonds is 4. The zero-order chi connectivity index (χ0) is 10.5. The Bertz CT molecular complexity index is 411. The fourth-order valence-electron chi connectivity index (χ4n) is 1.37. The number of benzene rings is 1. The van der Waals surface area contributed by atoms with Gasteiger partial charge in [0.05, 0.1) is 0 Å². The minimum atomic E-state index is 0.922. The third-order valence-electron chi connectivity index (χ3n) is 2.15. The summed E-state index contributed by atoms with van der Waals surface area (Å²) in [7, 11) is 0. The van der Waals surface area contributed by atoms with E-state index in [1.54, 1.807) is 11.3 Å². The van der Waals surface area contributed by atoms with E-state index in [1.165, 1.54) is 14.9 Å². The largest absolute Gasteiger partial charge is 0.308 e. The quantitative estimate of drug-likeness (QED) is 0.899. The molecule has 0 bridgehead atoms. The monoisotopic (exact) mass is 281 g/mol. The fraction of sp³-hybridized carbons (Fsp3) is 0.167. The maximum atomic E-state index is 3.52. The SMILES string of the molecule is Brc1ccsc1CNCc1ccccc1. The number of hydrogen-bond donors (Lipinski definition) is 1. The molecule has 1 nitrogen and oxygen atoms in total. The van der Waals surface area contributed by atoms with Gasteiger partial charge in [-0.1, -0.05) is 30.3 Å². The summed E-state index contributed by atoms with van der Waals surface area (Å²) >= 11 is 5.30. The lowest BCUT2D eigenvalue weighted by Crippen LogP contribution is -2.11. The Morgan fingerprint density at radius 3 is 2.53 bits per heavy atom. The molecule has 1 aromatic carbocycles. The van der Waals surface area contributed by atoms with E-state index >= 15 is 0 Å². The molecule has 3 heteroatoms. The summed E-state index contributed by atoms with van der Waals surface area (Å²) in [6.45, 7) is 1.85. The van der Waals surface area contributed by atoms with Crippen LogP contribution in [0.3, 0.4) is 0 Å². The molecule has 0 unspecified atom stereocenters. The van der Waals surface area contributed by atoms with Gasteiger partial charge >= 0.3 is 0 Å². The molecule has 15 heavy (non-hydrogen) atoms. The molecule has 0 spiro atoms. The molecule has 0 aliphatic heterocycles. The minimum absolute atomic E-state index is 0.922. The van der Waals surface area contributed by atoms with Crippen LogP contribution in [0.1, 0.15) is 10.4 Å².